The molecule has 0 atom stereocenters. The molecule has 2 heterocycles. The largest absolute Gasteiger partial charge is 0.297 e. The van der Waals surface area contributed by atoms with Gasteiger partial charge in [0.05, 0.1) is 6.20 Å². The maximum atomic E-state index is 11.9. The standard InChI is InChI=1S/C16H15N5OS/c1-21-11-13(10-17-21)7-8-14(22)18-16-20-19-15(23-16)9-12-5-3-2-4-6-12/h2-8,10-11H,9H2,1H3,(H,18,20,22)/b8-7+. The van der Waals surface area contributed by atoms with Crippen molar-refractivity contribution in [2.75, 3.05) is 5.32 Å². The van der Waals surface area contributed by atoms with Crippen molar-refractivity contribution < 1.29 is 4.79 Å². The van der Waals surface area contributed by atoms with E-state index in [0.29, 0.717) is 11.6 Å². The van der Waals surface area contributed by atoms with Crippen LogP contribution in [0.25, 0.3) is 6.08 Å². The van der Waals surface area contributed by atoms with Crippen molar-refractivity contribution in [3.05, 3.63) is 64.9 Å². The Hall–Kier alpha value is -2.80. The van der Waals surface area contributed by atoms with Gasteiger partial charge in [0.25, 0.3) is 0 Å². The molecule has 0 saturated carbocycles. The lowest BCUT2D eigenvalue weighted by Gasteiger charge is -1.95. The van der Waals surface area contributed by atoms with Gasteiger partial charge in [0, 0.05) is 31.3 Å². The van der Waals surface area contributed by atoms with E-state index in [2.05, 4.69) is 20.6 Å². The Morgan fingerprint density at radius 1 is 1.30 bits per heavy atom. The number of nitrogens with zero attached hydrogens (tertiary/aromatic N) is 4. The fraction of sp³-hybridized carbons (Fsp3) is 0.125. The van der Waals surface area contributed by atoms with Crippen molar-refractivity contribution in [3.63, 3.8) is 0 Å². The van der Waals surface area contributed by atoms with Gasteiger partial charge in [-0.2, -0.15) is 5.10 Å². The highest BCUT2D eigenvalue weighted by atomic mass is 32.1. The van der Waals surface area contributed by atoms with Crippen molar-refractivity contribution in [3.8, 4) is 0 Å². The Morgan fingerprint density at radius 3 is 2.87 bits per heavy atom. The smallest absolute Gasteiger partial charge is 0.250 e. The van der Waals surface area contributed by atoms with Crippen LogP contribution in [0.4, 0.5) is 5.13 Å². The maximum absolute atomic E-state index is 11.9. The van der Waals surface area contributed by atoms with E-state index < -0.39 is 0 Å². The number of aromatic nitrogens is 4. The molecule has 7 heteroatoms. The van der Waals surface area contributed by atoms with Gasteiger partial charge in [0.15, 0.2) is 0 Å². The van der Waals surface area contributed by atoms with Crippen LogP contribution in [0.3, 0.4) is 0 Å². The van der Waals surface area contributed by atoms with E-state index in [-0.39, 0.29) is 5.91 Å². The van der Waals surface area contributed by atoms with Gasteiger partial charge in [0.2, 0.25) is 11.0 Å². The molecule has 0 aliphatic carbocycles. The van der Waals surface area contributed by atoms with Crippen LogP contribution in [0.5, 0.6) is 0 Å². The van der Waals surface area contributed by atoms with E-state index >= 15 is 0 Å². The van der Waals surface area contributed by atoms with E-state index in [4.69, 9.17) is 0 Å². The Morgan fingerprint density at radius 2 is 2.13 bits per heavy atom. The van der Waals surface area contributed by atoms with E-state index in [9.17, 15) is 4.79 Å². The Labute approximate surface area is 137 Å². The molecule has 0 bridgehead atoms. The SMILES string of the molecule is Cn1cc(/C=C/C(=O)Nc2nnc(Cc3ccccc3)s2)cn1. The Bertz CT molecular complexity index is 822. The zero-order valence-corrected chi connectivity index (χ0v) is 13.3. The van der Waals surface area contributed by atoms with Crippen molar-refractivity contribution in [1.29, 1.82) is 0 Å². The van der Waals surface area contributed by atoms with Gasteiger partial charge in [-0.15, -0.1) is 10.2 Å². The van der Waals surface area contributed by atoms with Crippen LogP contribution in [-0.4, -0.2) is 25.9 Å². The predicted molar refractivity (Wildman–Crippen MR) is 90.0 cm³/mol. The highest BCUT2D eigenvalue weighted by Crippen LogP contribution is 2.18. The average Bonchev–Trinajstić information content (AvgIpc) is 3.15. The molecule has 6 nitrogen and oxygen atoms in total. The lowest BCUT2D eigenvalue weighted by Crippen LogP contribution is -2.07. The van der Waals surface area contributed by atoms with Crippen molar-refractivity contribution >= 4 is 28.5 Å². The number of hydrogen-bond acceptors (Lipinski definition) is 5. The van der Waals surface area contributed by atoms with E-state index in [1.807, 2.05) is 43.6 Å². The first-order valence-electron chi connectivity index (χ1n) is 7.03. The van der Waals surface area contributed by atoms with Crippen LogP contribution in [-0.2, 0) is 18.3 Å². The maximum Gasteiger partial charge on any atom is 0.250 e. The van der Waals surface area contributed by atoms with Crippen LogP contribution >= 0.6 is 11.3 Å². The minimum absolute atomic E-state index is 0.240. The first kappa shape index (κ1) is 15.1. The topological polar surface area (TPSA) is 72.7 Å². The average molecular weight is 325 g/mol. The number of rotatable bonds is 5. The normalized spacial score (nSPS) is 11.0. The molecule has 0 saturated heterocycles. The fourth-order valence-corrected chi connectivity index (χ4v) is 2.77. The van der Waals surface area contributed by atoms with E-state index in [1.54, 1.807) is 17.0 Å². The van der Waals surface area contributed by atoms with Crippen molar-refractivity contribution in [2.45, 2.75) is 6.42 Å². The number of carbonyl (C=O) groups is 1. The minimum Gasteiger partial charge on any atom is -0.297 e. The second-order valence-electron chi connectivity index (χ2n) is 4.93. The molecule has 0 fully saturated rings. The molecule has 3 rings (SSSR count). The number of anilines is 1. The number of hydrogen-bond donors (Lipinski definition) is 1. The molecule has 1 N–H and O–H groups in total. The monoisotopic (exact) mass is 325 g/mol. The van der Waals surface area contributed by atoms with Gasteiger partial charge in [-0.3, -0.25) is 14.8 Å². The van der Waals surface area contributed by atoms with Crippen LogP contribution < -0.4 is 5.32 Å². The van der Waals surface area contributed by atoms with Crippen LogP contribution in [0, 0.1) is 0 Å². The number of carbonyl (C=O) groups excluding carboxylic acids is 1. The third-order valence-corrected chi connectivity index (χ3v) is 3.89. The summed E-state index contributed by atoms with van der Waals surface area (Å²) in [5.74, 6) is -0.240. The summed E-state index contributed by atoms with van der Waals surface area (Å²) in [7, 11) is 1.83. The molecule has 3 aromatic rings. The Kier molecular flexibility index (Phi) is 4.58. The number of aryl methyl sites for hydroxylation is 1. The summed E-state index contributed by atoms with van der Waals surface area (Å²) in [5.41, 5.74) is 2.03. The summed E-state index contributed by atoms with van der Waals surface area (Å²) in [4.78, 5) is 11.9. The summed E-state index contributed by atoms with van der Waals surface area (Å²) in [5, 5.41) is 16.2. The summed E-state index contributed by atoms with van der Waals surface area (Å²) < 4.78 is 1.68. The first-order chi connectivity index (χ1) is 11.2. The molecule has 2 aromatic heterocycles. The number of nitrogens with one attached hydrogen (secondary N) is 1. The van der Waals surface area contributed by atoms with Crippen LogP contribution in [0.2, 0.25) is 0 Å². The van der Waals surface area contributed by atoms with Gasteiger partial charge in [-0.25, -0.2) is 0 Å². The molecule has 0 aliphatic heterocycles. The third-order valence-electron chi connectivity index (χ3n) is 3.05. The predicted octanol–water partition coefficient (Wildman–Crippen LogP) is 2.51. The number of benzene rings is 1. The Balaban J connectivity index is 1.58. The molecular weight excluding hydrogens is 310 g/mol. The summed E-state index contributed by atoms with van der Waals surface area (Å²) in [6.45, 7) is 0. The van der Waals surface area contributed by atoms with Crippen molar-refractivity contribution in [1.82, 2.24) is 20.0 Å². The van der Waals surface area contributed by atoms with Crippen LogP contribution in [0.1, 0.15) is 16.1 Å². The third kappa shape index (κ3) is 4.33. The molecule has 0 radical (unpaired) electrons. The molecule has 0 aliphatic rings. The van der Waals surface area contributed by atoms with Gasteiger partial charge in [-0.05, 0) is 11.6 Å². The zero-order valence-electron chi connectivity index (χ0n) is 12.5. The van der Waals surface area contributed by atoms with E-state index in [0.717, 1.165) is 16.1 Å². The molecular formula is C16H15N5OS. The first-order valence-corrected chi connectivity index (χ1v) is 7.85. The van der Waals surface area contributed by atoms with Crippen LogP contribution in [0.15, 0.2) is 48.8 Å². The highest BCUT2D eigenvalue weighted by Gasteiger charge is 2.07. The van der Waals surface area contributed by atoms with Gasteiger partial charge in [0.1, 0.15) is 5.01 Å². The fourth-order valence-electron chi connectivity index (χ4n) is 1.99. The second kappa shape index (κ2) is 6.97. The van der Waals surface area contributed by atoms with Gasteiger partial charge < -0.3 is 0 Å². The second-order valence-corrected chi connectivity index (χ2v) is 6.00. The molecule has 23 heavy (non-hydrogen) atoms. The van der Waals surface area contributed by atoms with Gasteiger partial charge >= 0.3 is 0 Å². The summed E-state index contributed by atoms with van der Waals surface area (Å²) in [6.07, 6.45) is 7.38. The molecule has 0 spiro atoms. The zero-order chi connectivity index (χ0) is 16.1. The summed E-state index contributed by atoms with van der Waals surface area (Å²) in [6, 6.07) is 10.0. The van der Waals surface area contributed by atoms with Gasteiger partial charge in [-0.1, -0.05) is 41.7 Å². The molecule has 1 aromatic carbocycles. The minimum atomic E-state index is -0.240. The lowest BCUT2D eigenvalue weighted by molar-refractivity contribution is -0.111. The molecule has 0 unspecified atom stereocenters. The quantitative estimate of drug-likeness (QED) is 0.732. The summed E-state index contributed by atoms with van der Waals surface area (Å²) >= 11 is 1.38. The molecule has 116 valence electrons. The molecule has 1 amide bonds. The highest BCUT2D eigenvalue weighted by molar-refractivity contribution is 7.15. The lowest BCUT2D eigenvalue weighted by atomic mass is 10.2. The van der Waals surface area contributed by atoms with Crippen molar-refractivity contribution in [2.24, 2.45) is 7.05 Å². The van der Waals surface area contributed by atoms with E-state index in [1.165, 1.54) is 17.4 Å². The number of amides is 1.